The third kappa shape index (κ3) is 4.68. The standard InChI is InChI=1S/C12H19F3N4O2S/c1-11(2-4-16-5-3-11)8-18-22(20,21)10-6-17-19(7-10)9-12(13,14)15/h6-7,16,18H,2-5,8-9H2,1H3. The minimum atomic E-state index is -4.44. The lowest BCUT2D eigenvalue weighted by atomic mass is 9.81. The molecule has 0 atom stereocenters. The molecule has 6 nitrogen and oxygen atoms in total. The van der Waals surface area contributed by atoms with Crippen LogP contribution in [-0.4, -0.2) is 44.0 Å². The Morgan fingerprint density at radius 1 is 1.41 bits per heavy atom. The van der Waals surface area contributed by atoms with E-state index in [1.165, 1.54) is 0 Å². The van der Waals surface area contributed by atoms with Gasteiger partial charge in [-0.2, -0.15) is 18.3 Å². The Kier molecular flexibility index (Phi) is 4.83. The first kappa shape index (κ1) is 17.2. The number of alkyl halides is 3. The van der Waals surface area contributed by atoms with Gasteiger partial charge in [-0.1, -0.05) is 6.92 Å². The fourth-order valence-corrected chi connectivity index (χ4v) is 3.46. The Hall–Kier alpha value is -1.13. The summed E-state index contributed by atoms with van der Waals surface area (Å²) in [6.07, 6.45) is -0.950. The van der Waals surface area contributed by atoms with Crippen LogP contribution in [0.3, 0.4) is 0 Å². The number of nitrogens with one attached hydrogen (secondary N) is 2. The van der Waals surface area contributed by atoms with Crippen molar-refractivity contribution in [1.82, 2.24) is 19.8 Å². The van der Waals surface area contributed by atoms with Crippen molar-refractivity contribution in [2.75, 3.05) is 19.6 Å². The molecule has 0 amide bonds. The van der Waals surface area contributed by atoms with Crippen LogP contribution in [0.15, 0.2) is 17.3 Å². The molecule has 10 heteroatoms. The third-order valence-electron chi connectivity index (χ3n) is 3.76. The Balaban J connectivity index is 2.01. The summed E-state index contributed by atoms with van der Waals surface area (Å²) >= 11 is 0. The number of hydrogen-bond donors (Lipinski definition) is 2. The molecule has 1 aromatic heterocycles. The van der Waals surface area contributed by atoms with Crippen LogP contribution in [0, 0.1) is 5.41 Å². The molecule has 126 valence electrons. The highest BCUT2D eigenvalue weighted by Gasteiger charge is 2.31. The fraction of sp³-hybridized carbons (Fsp3) is 0.750. The minimum Gasteiger partial charge on any atom is -0.317 e. The molecule has 0 spiro atoms. The number of piperidine rings is 1. The summed E-state index contributed by atoms with van der Waals surface area (Å²) in [4.78, 5) is -0.255. The van der Waals surface area contributed by atoms with Crippen LogP contribution in [0.5, 0.6) is 0 Å². The predicted molar refractivity (Wildman–Crippen MR) is 73.7 cm³/mol. The summed E-state index contributed by atoms with van der Waals surface area (Å²) in [5.74, 6) is 0. The number of sulfonamides is 1. The third-order valence-corrected chi connectivity index (χ3v) is 5.12. The van der Waals surface area contributed by atoms with E-state index in [1.807, 2.05) is 6.92 Å². The predicted octanol–water partition coefficient (Wildman–Crippen LogP) is 1.11. The van der Waals surface area contributed by atoms with Gasteiger partial charge < -0.3 is 5.32 Å². The molecule has 2 rings (SSSR count). The topological polar surface area (TPSA) is 76.0 Å². The van der Waals surface area contributed by atoms with E-state index >= 15 is 0 Å². The van der Waals surface area contributed by atoms with Crippen LogP contribution in [0.2, 0.25) is 0 Å². The van der Waals surface area contributed by atoms with Gasteiger partial charge >= 0.3 is 6.18 Å². The Morgan fingerprint density at radius 2 is 2.05 bits per heavy atom. The first-order valence-corrected chi connectivity index (χ1v) is 8.38. The van der Waals surface area contributed by atoms with Crippen molar-refractivity contribution >= 4 is 10.0 Å². The van der Waals surface area contributed by atoms with Gasteiger partial charge in [0.1, 0.15) is 11.4 Å². The Morgan fingerprint density at radius 3 is 2.64 bits per heavy atom. The van der Waals surface area contributed by atoms with E-state index in [0.717, 1.165) is 38.3 Å². The summed E-state index contributed by atoms with van der Waals surface area (Å²) in [6.45, 7) is 2.57. The zero-order valence-electron chi connectivity index (χ0n) is 12.2. The molecule has 0 aromatic carbocycles. The first-order chi connectivity index (χ1) is 10.1. The minimum absolute atomic E-state index is 0.152. The molecule has 0 saturated carbocycles. The van der Waals surface area contributed by atoms with E-state index < -0.39 is 22.7 Å². The second-order valence-corrected chi connectivity index (χ2v) is 7.64. The zero-order valence-corrected chi connectivity index (χ0v) is 13.0. The van der Waals surface area contributed by atoms with Gasteiger partial charge in [-0.3, -0.25) is 4.68 Å². The van der Waals surface area contributed by atoms with Crippen molar-refractivity contribution in [3.8, 4) is 0 Å². The molecule has 2 N–H and O–H groups in total. The van der Waals surface area contributed by atoms with E-state index in [2.05, 4.69) is 15.1 Å². The zero-order chi connectivity index (χ0) is 16.4. The maximum Gasteiger partial charge on any atom is 0.408 e. The van der Waals surface area contributed by atoms with Crippen LogP contribution in [0.1, 0.15) is 19.8 Å². The molecule has 0 aliphatic carbocycles. The van der Waals surface area contributed by atoms with E-state index in [9.17, 15) is 21.6 Å². The quantitative estimate of drug-likeness (QED) is 0.842. The highest BCUT2D eigenvalue weighted by Crippen LogP contribution is 2.27. The van der Waals surface area contributed by atoms with Gasteiger partial charge in [0.05, 0.1) is 6.20 Å². The molecular weight excluding hydrogens is 321 g/mol. The molecule has 1 saturated heterocycles. The number of nitrogens with zero attached hydrogens (tertiary/aromatic N) is 2. The summed E-state index contributed by atoms with van der Waals surface area (Å²) in [6, 6.07) is 0. The molecule has 1 aliphatic heterocycles. The van der Waals surface area contributed by atoms with E-state index in [4.69, 9.17) is 0 Å². The van der Waals surface area contributed by atoms with Crippen molar-refractivity contribution in [1.29, 1.82) is 0 Å². The molecule has 1 aromatic rings. The second kappa shape index (κ2) is 6.17. The van der Waals surface area contributed by atoms with Crippen LogP contribution in [0.25, 0.3) is 0 Å². The molecule has 1 fully saturated rings. The monoisotopic (exact) mass is 340 g/mol. The summed E-state index contributed by atoms with van der Waals surface area (Å²) in [5, 5.41) is 6.64. The molecule has 0 radical (unpaired) electrons. The smallest absolute Gasteiger partial charge is 0.317 e. The fourth-order valence-electron chi connectivity index (χ4n) is 2.31. The van der Waals surface area contributed by atoms with Crippen molar-refractivity contribution in [2.24, 2.45) is 5.41 Å². The lowest BCUT2D eigenvalue weighted by Crippen LogP contribution is -2.42. The maximum absolute atomic E-state index is 12.3. The molecular formula is C12H19F3N4O2S. The average Bonchev–Trinajstić information content (AvgIpc) is 2.85. The highest BCUT2D eigenvalue weighted by molar-refractivity contribution is 7.89. The van der Waals surface area contributed by atoms with Crippen LogP contribution >= 0.6 is 0 Å². The normalized spacial score (nSPS) is 19.3. The van der Waals surface area contributed by atoms with Crippen LogP contribution in [-0.2, 0) is 16.6 Å². The lowest BCUT2D eigenvalue weighted by molar-refractivity contribution is -0.142. The summed E-state index contributed by atoms with van der Waals surface area (Å²) < 4.78 is 64.1. The van der Waals surface area contributed by atoms with E-state index in [1.54, 1.807) is 0 Å². The Labute approximate surface area is 127 Å². The largest absolute Gasteiger partial charge is 0.408 e. The van der Waals surface area contributed by atoms with Gasteiger partial charge in [-0.15, -0.1) is 0 Å². The van der Waals surface area contributed by atoms with Crippen LogP contribution < -0.4 is 10.0 Å². The van der Waals surface area contributed by atoms with E-state index in [0.29, 0.717) is 4.68 Å². The second-order valence-electron chi connectivity index (χ2n) is 5.87. The average molecular weight is 340 g/mol. The van der Waals surface area contributed by atoms with E-state index in [-0.39, 0.29) is 16.9 Å². The van der Waals surface area contributed by atoms with Crippen molar-refractivity contribution in [3.05, 3.63) is 12.4 Å². The number of hydrogen-bond acceptors (Lipinski definition) is 4. The summed E-state index contributed by atoms with van der Waals surface area (Å²) in [5.41, 5.74) is -0.152. The SMILES string of the molecule is CC1(CNS(=O)(=O)c2cnn(CC(F)(F)F)c2)CCNCC1. The van der Waals surface area contributed by atoms with Gasteiger partial charge in [0.15, 0.2) is 0 Å². The van der Waals surface area contributed by atoms with Gasteiger partial charge in [0.25, 0.3) is 0 Å². The number of aromatic nitrogens is 2. The number of rotatable bonds is 5. The molecule has 1 aliphatic rings. The summed E-state index contributed by atoms with van der Waals surface area (Å²) in [7, 11) is -3.85. The first-order valence-electron chi connectivity index (χ1n) is 6.89. The van der Waals surface area contributed by atoms with Crippen LogP contribution in [0.4, 0.5) is 13.2 Å². The van der Waals surface area contributed by atoms with Gasteiger partial charge in [0, 0.05) is 12.7 Å². The molecule has 2 heterocycles. The van der Waals surface area contributed by atoms with Crippen molar-refractivity contribution in [2.45, 2.75) is 37.4 Å². The van der Waals surface area contributed by atoms with Gasteiger partial charge in [-0.05, 0) is 31.3 Å². The number of halogens is 3. The molecule has 22 heavy (non-hydrogen) atoms. The van der Waals surface area contributed by atoms with Gasteiger partial charge in [-0.25, -0.2) is 13.1 Å². The van der Waals surface area contributed by atoms with Crippen molar-refractivity contribution < 1.29 is 21.6 Å². The van der Waals surface area contributed by atoms with Gasteiger partial charge in [0.2, 0.25) is 10.0 Å². The molecule has 0 bridgehead atoms. The molecule has 0 unspecified atom stereocenters. The van der Waals surface area contributed by atoms with Crippen molar-refractivity contribution in [3.63, 3.8) is 0 Å². The Bertz CT molecular complexity index is 606. The highest BCUT2D eigenvalue weighted by atomic mass is 32.2. The lowest BCUT2D eigenvalue weighted by Gasteiger charge is -2.33. The maximum atomic E-state index is 12.3.